The SMILES string of the molecule is N[C@@H](CC(=O)N1CC(CNC(=O)c2ccccc2)C1)Cc1ccccc1F.N[C@@H](CC(=O)N1CCCC(CNC(=O)c2ccccc2)C1)Cc1ccccc1F. The molecule has 6 rings (SSSR count). The van der Waals surface area contributed by atoms with E-state index in [0.29, 0.717) is 74.4 Å². The third kappa shape index (κ3) is 12.8. The van der Waals surface area contributed by atoms with E-state index in [1.54, 1.807) is 65.6 Å². The average Bonchev–Trinajstić information content (AvgIpc) is 3.19. The molecule has 2 aliphatic rings. The van der Waals surface area contributed by atoms with Gasteiger partial charge in [0, 0.05) is 81.2 Å². The second-order valence-corrected chi connectivity index (χ2v) is 14.7. The summed E-state index contributed by atoms with van der Waals surface area (Å²) < 4.78 is 27.4. The Balaban J connectivity index is 0.000000215. The highest BCUT2D eigenvalue weighted by atomic mass is 19.1. The van der Waals surface area contributed by atoms with E-state index in [0.717, 1.165) is 12.8 Å². The van der Waals surface area contributed by atoms with Gasteiger partial charge >= 0.3 is 0 Å². The van der Waals surface area contributed by atoms with Gasteiger partial charge in [-0.05, 0) is 79.1 Å². The first-order chi connectivity index (χ1) is 27.0. The summed E-state index contributed by atoms with van der Waals surface area (Å²) in [7, 11) is 0. The third-order valence-electron chi connectivity index (χ3n) is 10.1. The van der Waals surface area contributed by atoms with Crippen LogP contribution in [-0.4, -0.2) is 84.8 Å². The van der Waals surface area contributed by atoms with Gasteiger partial charge in [-0.2, -0.15) is 0 Å². The highest BCUT2D eigenvalue weighted by molar-refractivity contribution is 5.94. The standard InChI is InChI=1S/C23H28FN3O2.C21H24FN3O2/c24-21-11-5-4-10-19(21)13-20(25)14-22(28)27-12-6-7-17(16-27)15-26-23(29)18-8-2-1-3-9-18;22-19-9-5-4-8-17(19)10-18(23)11-20(26)25-13-15(14-25)12-24-21(27)16-6-2-1-3-7-16/h1-5,8-11,17,20H,6-7,12-16,25H2,(H,26,29);1-9,15,18H,10-14,23H2,(H,24,27)/t17?,20-;18-/m11/s1. The molecule has 2 heterocycles. The zero-order valence-corrected chi connectivity index (χ0v) is 31.6. The number of hydrogen-bond donors (Lipinski definition) is 4. The minimum absolute atomic E-state index is 0.00655. The minimum atomic E-state index is -0.419. The molecule has 2 aliphatic heterocycles. The molecule has 4 amide bonds. The zero-order valence-electron chi connectivity index (χ0n) is 31.6. The predicted octanol–water partition coefficient (Wildman–Crippen LogP) is 4.73. The third-order valence-corrected chi connectivity index (χ3v) is 10.1. The van der Waals surface area contributed by atoms with Crippen LogP contribution in [0.25, 0.3) is 0 Å². The Bertz CT molecular complexity index is 1890. The van der Waals surface area contributed by atoms with E-state index in [1.807, 2.05) is 41.3 Å². The second kappa shape index (κ2) is 21.0. The van der Waals surface area contributed by atoms with Crippen molar-refractivity contribution in [3.63, 3.8) is 0 Å². The number of carbonyl (C=O) groups excluding carboxylic acids is 4. The molecule has 0 spiro atoms. The van der Waals surface area contributed by atoms with Gasteiger partial charge in [-0.15, -0.1) is 0 Å². The van der Waals surface area contributed by atoms with Gasteiger partial charge in [-0.25, -0.2) is 8.78 Å². The van der Waals surface area contributed by atoms with Crippen molar-refractivity contribution in [3.8, 4) is 0 Å². The Morgan fingerprint density at radius 1 is 0.589 bits per heavy atom. The summed E-state index contributed by atoms with van der Waals surface area (Å²) in [6.07, 6.45) is 2.93. The van der Waals surface area contributed by atoms with Crippen LogP contribution in [0.4, 0.5) is 8.78 Å². The Labute approximate surface area is 327 Å². The van der Waals surface area contributed by atoms with Crippen LogP contribution in [0.1, 0.15) is 57.5 Å². The van der Waals surface area contributed by atoms with E-state index in [4.69, 9.17) is 11.5 Å². The molecule has 0 aliphatic carbocycles. The lowest BCUT2D eigenvalue weighted by atomic mass is 9.96. The lowest BCUT2D eigenvalue weighted by molar-refractivity contribution is -0.137. The molecule has 12 heteroatoms. The molecule has 6 N–H and O–H groups in total. The molecular formula is C44H52F2N6O4. The maximum atomic E-state index is 13.8. The fourth-order valence-electron chi connectivity index (χ4n) is 6.96. The molecule has 4 aromatic rings. The fraction of sp³-hybridized carbons (Fsp3) is 0.364. The molecule has 3 atom stereocenters. The maximum absolute atomic E-state index is 13.8. The van der Waals surface area contributed by atoms with Crippen molar-refractivity contribution in [1.82, 2.24) is 20.4 Å². The van der Waals surface area contributed by atoms with Gasteiger partial charge in [-0.3, -0.25) is 19.2 Å². The average molecular weight is 767 g/mol. The van der Waals surface area contributed by atoms with E-state index in [2.05, 4.69) is 10.6 Å². The first kappa shape index (κ1) is 41.7. The number of benzene rings is 4. The van der Waals surface area contributed by atoms with Crippen LogP contribution in [0.5, 0.6) is 0 Å². The Morgan fingerprint density at radius 2 is 1.00 bits per heavy atom. The topological polar surface area (TPSA) is 151 Å². The van der Waals surface area contributed by atoms with Crippen LogP contribution in [0, 0.1) is 23.5 Å². The summed E-state index contributed by atoms with van der Waals surface area (Å²) in [4.78, 5) is 52.7. The number of rotatable bonds is 14. The number of nitrogens with one attached hydrogen (secondary N) is 2. The van der Waals surface area contributed by atoms with Gasteiger partial charge in [0.25, 0.3) is 11.8 Å². The van der Waals surface area contributed by atoms with E-state index < -0.39 is 12.1 Å². The highest BCUT2D eigenvalue weighted by Crippen LogP contribution is 2.20. The molecule has 4 aromatic carbocycles. The smallest absolute Gasteiger partial charge is 0.251 e. The number of piperidine rings is 1. The zero-order chi connectivity index (χ0) is 39.9. The van der Waals surface area contributed by atoms with Crippen LogP contribution < -0.4 is 22.1 Å². The van der Waals surface area contributed by atoms with Crippen LogP contribution >= 0.6 is 0 Å². The number of halogens is 2. The highest BCUT2D eigenvalue weighted by Gasteiger charge is 2.31. The Morgan fingerprint density at radius 3 is 1.48 bits per heavy atom. The van der Waals surface area contributed by atoms with E-state index in [9.17, 15) is 28.0 Å². The molecule has 1 unspecified atom stereocenters. The summed E-state index contributed by atoms with van der Waals surface area (Å²) >= 11 is 0. The number of carbonyl (C=O) groups is 4. The summed E-state index contributed by atoms with van der Waals surface area (Å²) in [5.74, 6) is -0.334. The van der Waals surface area contributed by atoms with E-state index in [1.165, 1.54) is 12.1 Å². The summed E-state index contributed by atoms with van der Waals surface area (Å²) in [6.45, 7) is 3.62. The summed E-state index contributed by atoms with van der Waals surface area (Å²) in [5.41, 5.74) is 14.5. The normalized spacial score (nSPS) is 16.4. The predicted molar refractivity (Wildman–Crippen MR) is 212 cm³/mol. The van der Waals surface area contributed by atoms with Gasteiger partial charge in [0.1, 0.15) is 11.6 Å². The van der Waals surface area contributed by atoms with Crippen molar-refractivity contribution in [2.45, 2.75) is 50.6 Å². The second-order valence-electron chi connectivity index (χ2n) is 14.7. The van der Waals surface area contributed by atoms with Gasteiger partial charge in [0.05, 0.1) is 0 Å². The molecule has 0 saturated carbocycles. The monoisotopic (exact) mass is 766 g/mol. The molecule has 10 nitrogen and oxygen atoms in total. The van der Waals surface area contributed by atoms with Gasteiger partial charge in [-0.1, -0.05) is 72.8 Å². The fourth-order valence-corrected chi connectivity index (χ4v) is 6.96. The van der Waals surface area contributed by atoms with Crippen molar-refractivity contribution in [2.75, 3.05) is 39.3 Å². The molecule has 0 aromatic heterocycles. The molecular weight excluding hydrogens is 715 g/mol. The lowest BCUT2D eigenvalue weighted by Crippen LogP contribution is -2.54. The van der Waals surface area contributed by atoms with Crippen LogP contribution in [0.2, 0.25) is 0 Å². The number of nitrogens with zero attached hydrogens (tertiary/aromatic N) is 2. The van der Waals surface area contributed by atoms with Gasteiger partial charge < -0.3 is 31.9 Å². The largest absolute Gasteiger partial charge is 0.352 e. The first-order valence-electron chi connectivity index (χ1n) is 19.3. The van der Waals surface area contributed by atoms with Crippen molar-refractivity contribution in [1.29, 1.82) is 0 Å². The van der Waals surface area contributed by atoms with Crippen LogP contribution in [-0.2, 0) is 22.4 Å². The molecule has 2 fully saturated rings. The number of hydrogen-bond acceptors (Lipinski definition) is 6. The summed E-state index contributed by atoms with van der Waals surface area (Å²) in [5, 5.41) is 5.86. The molecule has 0 radical (unpaired) electrons. The van der Waals surface area contributed by atoms with Crippen molar-refractivity contribution < 1.29 is 28.0 Å². The number of likely N-dealkylation sites (tertiary alicyclic amines) is 2. The van der Waals surface area contributed by atoms with Crippen LogP contribution in [0.3, 0.4) is 0 Å². The minimum Gasteiger partial charge on any atom is -0.352 e. The molecule has 2 saturated heterocycles. The number of nitrogens with two attached hydrogens (primary N) is 2. The lowest BCUT2D eigenvalue weighted by Gasteiger charge is -2.39. The first-order valence-corrected chi connectivity index (χ1v) is 19.3. The van der Waals surface area contributed by atoms with Crippen LogP contribution in [0.15, 0.2) is 109 Å². The quantitative estimate of drug-likeness (QED) is 0.146. The van der Waals surface area contributed by atoms with E-state index >= 15 is 0 Å². The Kier molecular flexibility index (Phi) is 15.6. The van der Waals surface area contributed by atoms with E-state index in [-0.39, 0.29) is 59.9 Å². The van der Waals surface area contributed by atoms with Crippen molar-refractivity contribution in [2.24, 2.45) is 23.3 Å². The van der Waals surface area contributed by atoms with Gasteiger partial charge in [0.15, 0.2) is 0 Å². The Hall–Kier alpha value is -5.46. The van der Waals surface area contributed by atoms with Crippen molar-refractivity contribution >= 4 is 23.6 Å². The van der Waals surface area contributed by atoms with Crippen molar-refractivity contribution in [3.05, 3.63) is 143 Å². The summed E-state index contributed by atoms with van der Waals surface area (Å²) in [6, 6.07) is 30.3. The molecule has 296 valence electrons. The van der Waals surface area contributed by atoms with Gasteiger partial charge in [0.2, 0.25) is 11.8 Å². The maximum Gasteiger partial charge on any atom is 0.251 e. The molecule has 0 bridgehead atoms. The number of amides is 4. The molecule has 56 heavy (non-hydrogen) atoms.